The van der Waals surface area contributed by atoms with Gasteiger partial charge >= 0.3 is 0 Å². The van der Waals surface area contributed by atoms with Crippen molar-refractivity contribution in [2.45, 2.75) is 44.9 Å². The third-order valence-corrected chi connectivity index (χ3v) is 4.36. The van der Waals surface area contributed by atoms with Crippen LogP contribution in [-0.4, -0.2) is 48.7 Å². The van der Waals surface area contributed by atoms with Crippen molar-refractivity contribution in [2.24, 2.45) is 0 Å². The molecule has 3 rings (SSSR count). The van der Waals surface area contributed by atoms with Gasteiger partial charge in [-0.25, -0.2) is 0 Å². The topological polar surface area (TPSA) is 32.8 Å². The molecule has 0 unspecified atom stereocenters. The fraction of sp³-hybridized carbons (Fsp3) is 0.588. The third-order valence-electron chi connectivity index (χ3n) is 4.36. The number of anilines is 1. The molecule has 2 saturated heterocycles. The highest BCUT2D eigenvalue weighted by molar-refractivity contribution is 5.86. The molecule has 0 bridgehead atoms. The van der Waals surface area contributed by atoms with Gasteiger partial charge in [0.15, 0.2) is 0 Å². The van der Waals surface area contributed by atoms with Crippen LogP contribution in [0.1, 0.15) is 26.7 Å². The average molecular weight is 288 g/mol. The number of hydrogen-bond acceptors (Lipinski definition) is 3. The van der Waals surface area contributed by atoms with Crippen molar-refractivity contribution in [3.8, 4) is 0 Å². The molecule has 0 aromatic heterocycles. The Kier molecular flexibility index (Phi) is 4.15. The molecule has 0 aliphatic carbocycles. The van der Waals surface area contributed by atoms with Crippen LogP contribution in [0, 0.1) is 0 Å². The molecule has 1 aromatic carbocycles. The molecule has 1 amide bonds. The van der Waals surface area contributed by atoms with Gasteiger partial charge in [-0.2, -0.15) is 0 Å². The monoisotopic (exact) mass is 288 g/mol. The van der Waals surface area contributed by atoms with Crippen molar-refractivity contribution in [3.05, 3.63) is 30.3 Å². The summed E-state index contributed by atoms with van der Waals surface area (Å²) >= 11 is 0. The van der Waals surface area contributed by atoms with Crippen LogP contribution in [0.5, 0.6) is 0 Å². The van der Waals surface area contributed by atoms with Crippen molar-refractivity contribution in [1.82, 2.24) is 4.90 Å². The summed E-state index contributed by atoms with van der Waals surface area (Å²) < 4.78 is 5.73. The van der Waals surface area contributed by atoms with E-state index in [2.05, 4.69) is 17.0 Å². The summed E-state index contributed by atoms with van der Waals surface area (Å²) in [7, 11) is 0. The van der Waals surface area contributed by atoms with E-state index in [1.165, 1.54) is 0 Å². The maximum Gasteiger partial charge on any atom is 0.245 e. The van der Waals surface area contributed by atoms with Crippen molar-refractivity contribution in [3.63, 3.8) is 0 Å². The summed E-state index contributed by atoms with van der Waals surface area (Å²) in [6.07, 6.45) is 2.29. The number of morpholine rings is 1. The van der Waals surface area contributed by atoms with Crippen molar-refractivity contribution < 1.29 is 9.53 Å². The zero-order valence-corrected chi connectivity index (χ0v) is 12.9. The van der Waals surface area contributed by atoms with E-state index < -0.39 is 0 Å². The van der Waals surface area contributed by atoms with E-state index in [4.69, 9.17) is 4.74 Å². The molecule has 0 radical (unpaired) electrons. The molecule has 0 saturated carbocycles. The Balaban J connectivity index is 1.74. The maximum atomic E-state index is 12.9. The van der Waals surface area contributed by atoms with Gasteiger partial charge in [0.1, 0.15) is 6.04 Å². The van der Waals surface area contributed by atoms with E-state index in [0.29, 0.717) is 13.1 Å². The third kappa shape index (κ3) is 3.05. The Bertz CT molecular complexity index is 481. The Labute approximate surface area is 126 Å². The van der Waals surface area contributed by atoms with Gasteiger partial charge in [-0.1, -0.05) is 18.2 Å². The molecule has 2 aliphatic rings. The molecule has 2 fully saturated rings. The lowest BCUT2D eigenvalue weighted by Gasteiger charge is -2.38. The fourth-order valence-electron chi connectivity index (χ4n) is 3.52. The first-order valence-corrected chi connectivity index (χ1v) is 7.91. The highest BCUT2D eigenvalue weighted by atomic mass is 16.5. The molecule has 1 aromatic rings. The zero-order chi connectivity index (χ0) is 14.8. The first kappa shape index (κ1) is 14.4. The summed E-state index contributed by atoms with van der Waals surface area (Å²) in [5.74, 6) is 0.262. The second kappa shape index (κ2) is 6.06. The van der Waals surface area contributed by atoms with Gasteiger partial charge < -0.3 is 14.5 Å². The highest BCUT2D eigenvalue weighted by Crippen LogP contribution is 2.27. The van der Waals surface area contributed by atoms with Crippen LogP contribution in [0.2, 0.25) is 0 Å². The standard InChI is InChI=1S/C17H24N2O2/c1-13-11-18(12-14(2)21-13)17(20)16-9-6-10-19(16)15-7-4-3-5-8-15/h3-5,7-8,13-14,16H,6,9-12H2,1-2H3/t13-,14+,16-/m0/s1. The lowest BCUT2D eigenvalue weighted by molar-refractivity contribution is -0.144. The molecule has 0 spiro atoms. The van der Waals surface area contributed by atoms with Crippen molar-refractivity contribution in [1.29, 1.82) is 0 Å². The molecule has 21 heavy (non-hydrogen) atoms. The number of benzene rings is 1. The lowest BCUT2D eigenvalue weighted by Crippen LogP contribution is -2.53. The molecular weight excluding hydrogens is 264 g/mol. The summed E-state index contributed by atoms with van der Waals surface area (Å²) in [5.41, 5.74) is 1.16. The number of hydrogen-bond donors (Lipinski definition) is 0. The van der Waals surface area contributed by atoms with Gasteiger partial charge in [-0.15, -0.1) is 0 Å². The van der Waals surface area contributed by atoms with Crippen LogP contribution in [0.3, 0.4) is 0 Å². The van der Waals surface area contributed by atoms with Gasteiger partial charge in [0.2, 0.25) is 5.91 Å². The molecular formula is C17H24N2O2. The largest absolute Gasteiger partial charge is 0.372 e. The number of para-hydroxylation sites is 1. The van der Waals surface area contributed by atoms with Crippen LogP contribution in [-0.2, 0) is 9.53 Å². The number of rotatable bonds is 2. The number of ether oxygens (including phenoxy) is 1. The summed E-state index contributed by atoms with van der Waals surface area (Å²) in [6, 6.07) is 10.3. The van der Waals surface area contributed by atoms with Gasteiger partial charge in [0, 0.05) is 25.3 Å². The average Bonchev–Trinajstić information content (AvgIpc) is 2.95. The molecule has 3 atom stereocenters. The van der Waals surface area contributed by atoms with Crippen molar-refractivity contribution in [2.75, 3.05) is 24.5 Å². The van der Waals surface area contributed by atoms with Crippen LogP contribution >= 0.6 is 0 Å². The Hall–Kier alpha value is -1.55. The number of carbonyl (C=O) groups excluding carboxylic acids is 1. The van der Waals surface area contributed by atoms with E-state index in [1.54, 1.807) is 0 Å². The molecule has 4 nitrogen and oxygen atoms in total. The summed E-state index contributed by atoms with van der Waals surface area (Å²) in [4.78, 5) is 17.2. The normalized spacial score (nSPS) is 29.7. The zero-order valence-electron chi connectivity index (χ0n) is 12.9. The van der Waals surface area contributed by atoms with Gasteiger partial charge in [-0.3, -0.25) is 4.79 Å². The van der Waals surface area contributed by atoms with Crippen molar-refractivity contribution >= 4 is 11.6 Å². The van der Waals surface area contributed by atoms with E-state index in [0.717, 1.165) is 25.1 Å². The molecule has 4 heteroatoms. The van der Waals surface area contributed by atoms with Gasteiger partial charge in [-0.05, 0) is 38.8 Å². The number of amides is 1. The minimum absolute atomic E-state index is 0.00935. The predicted octanol–water partition coefficient (Wildman–Crippen LogP) is 2.29. The summed E-state index contributed by atoms with van der Waals surface area (Å²) in [6.45, 7) is 6.47. The Morgan fingerprint density at radius 2 is 1.81 bits per heavy atom. The molecule has 2 heterocycles. The second-order valence-corrected chi connectivity index (χ2v) is 6.19. The first-order chi connectivity index (χ1) is 10.1. The van der Waals surface area contributed by atoms with E-state index in [1.807, 2.05) is 36.9 Å². The van der Waals surface area contributed by atoms with Gasteiger partial charge in [0.25, 0.3) is 0 Å². The molecule has 114 valence electrons. The van der Waals surface area contributed by atoms with Crippen LogP contribution in [0.4, 0.5) is 5.69 Å². The maximum absolute atomic E-state index is 12.9. The van der Waals surface area contributed by atoms with E-state index in [-0.39, 0.29) is 24.2 Å². The number of nitrogens with zero attached hydrogens (tertiary/aromatic N) is 2. The fourth-order valence-corrected chi connectivity index (χ4v) is 3.52. The SMILES string of the molecule is C[C@@H]1CN(C(=O)[C@@H]2CCCN2c2ccccc2)C[C@H](C)O1. The van der Waals surface area contributed by atoms with Gasteiger partial charge in [0.05, 0.1) is 12.2 Å². The van der Waals surface area contributed by atoms with Crippen LogP contribution in [0.25, 0.3) is 0 Å². The van der Waals surface area contributed by atoms with E-state index >= 15 is 0 Å². The molecule has 2 aliphatic heterocycles. The lowest BCUT2D eigenvalue weighted by atomic mass is 10.1. The predicted molar refractivity (Wildman–Crippen MR) is 83.4 cm³/mol. The molecule has 0 N–H and O–H groups in total. The summed E-state index contributed by atoms with van der Waals surface area (Å²) in [5, 5.41) is 0. The van der Waals surface area contributed by atoms with Crippen LogP contribution < -0.4 is 4.90 Å². The quantitative estimate of drug-likeness (QED) is 0.837. The van der Waals surface area contributed by atoms with Crippen LogP contribution in [0.15, 0.2) is 30.3 Å². The Morgan fingerprint density at radius 3 is 2.48 bits per heavy atom. The van der Waals surface area contributed by atoms with E-state index in [9.17, 15) is 4.79 Å². The number of carbonyl (C=O) groups is 1. The second-order valence-electron chi connectivity index (χ2n) is 6.19. The minimum Gasteiger partial charge on any atom is -0.372 e. The minimum atomic E-state index is -0.00935. The Morgan fingerprint density at radius 1 is 1.14 bits per heavy atom. The smallest absolute Gasteiger partial charge is 0.245 e. The first-order valence-electron chi connectivity index (χ1n) is 7.91. The highest BCUT2D eigenvalue weighted by Gasteiger charge is 2.36.